The number of nitrogens with zero attached hydrogens (tertiary/aromatic N) is 3. The quantitative estimate of drug-likeness (QED) is 0.129. The van der Waals surface area contributed by atoms with Gasteiger partial charge in [0.25, 0.3) is 0 Å². The Morgan fingerprint density at radius 1 is 1.00 bits per heavy atom. The van der Waals surface area contributed by atoms with E-state index in [0.717, 1.165) is 37.3 Å². The molecule has 1 aliphatic heterocycles. The number of aryl methyl sites for hydroxylation is 1. The summed E-state index contributed by atoms with van der Waals surface area (Å²) in [5, 5.41) is 0. The summed E-state index contributed by atoms with van der Waals surface area (Å²) in [7, 11) is -0.828. The Kier molecular flexibility index (Phi) is 11.8. The summed E-state index contributed by atoms with van der Waals surface area (Å²) in [5.74, 6) is 0. The molecule has 0 aliphatic carbocycles. The van der Waals surface area contributed by atoms with E-state index in [4.69, 9.17) is 9.05 Å². The molecule has 2 aromatic carbocycles. The van der Waals surface area contributed by atoms with E-state index in [1.807, 2.05) is 26.1 Å². The molecule has 1 aliphatic rings. The molecule has 0 aromatic heterocycles. The molecule has 1 heterocycles. The Hall–Kier alpha value is -2.50. The van der Waals surface area contributed by atoms with Crippen molar-refractivity contribution in [2.24, 2.45) is 4.99 Å². The van der Waals surface area contributed by atoms with E-state index in [1.165, 1.54) is 16.8 Å². The first-order valence-electron chi connectivity index (χ1n) is 13.3. The lowest BCUT2D eigenvalue weighted by molar-refractivity contribution is 0.220. The summed E-state index contributed by atoms with van der Waals surface area (Å²) < 4.78 is 23.3. The summed E-state index contributed by atoms with van der Waals surface area (Å²) in [6.07, 6.45) is 9.22. The van der Waals surface area contributed by atoms with Crippen LogP contribution in [0.25, 0.3) is 11.6 Å². The number of likely N-dealkylation sites (N-methyl/N-ethyl adjacent to an activating group) is 1. The molecule has 0 bridgehead atoms. The maximum Gasteiger partial charge on any atom is 0.330 e. The van der Waals surface area contributed by atoms with Crippen molar-refractivity contribution in [3.63, 3.8) is 0 Å². The Morgan fingerprint density at radius 2 is 1.68 bits per heavy atom. The lowest BCUT2D eigenvalue weighted by Gasteiger charge is -2.34. The van der Waals surface area contributed by atoms with Gasteiger partial charge in [0.05, 0.1) is 19.4 Å². The van der Waals surface area contributed by atoms with Gasteiger partial charge in [-0.25, -0.2) is 0 Å². The molecule has 0 radical (unpaired) electrons. The van der Waals surface area contributed by atoms with Crippen molar-refractivity contribution < 1.29 is 13.6 Å². The molecule has 2 aromatic rings. The van der Waals surface area contributed by atoms with Gasteiger partial charge in [-0.1, -0.05) is 48.6 Å². The van der Waals surface area contributed by atoms with Gasteiger partial charge in [-0.3, -0.25) is 9.56 Å². The highest BCUT2D eigenvalue weighted by atomic mass is 31.2. The van der Waals surface area contributed by atoms with Crippen LogP contribution in [0.4, 0.5) is 5.69 Å². The Balaban J connectivity index is 1.66. The fourth-order valence-corrected chi connectivity index (χ4v) is 5.95. The van der Waals surface area contributed by atoms with E-state index in [0.29, 0.717) is 32.3 Å². The highest BCUT2D eigenvalue weighted by molar-refractivity contribution is 7.53. The fourth-order valence-electron chi connectivity index (χ4n) is 4.30. The maximum absolute atomic E-state index is 12.6. The minimum atomic E-state index is -3.01. The van der Waals surface area contributed by atoms with Crippen LogP contribution in [0.3, 0.4) is 0 Å². The number of benzene rings is 2. The monoisotopic (exact) mass is 523 g/mol. The summed E-state index contributed by atoms with van der Waals surface area (Å²) >= 11 is 0. The highest BCUT2D eigenvalue weighted by Crippen LogP contribution is 2.48. The van der Waals surface area contributed by atoms with Crippen molar-refractivity contribution >= 4 is 31.1 Å². The molecule has 1 fully saturated rings. The van der Waals surface area contributed by atoms with Gasteiger partial charge in [0, 0.05) is 44.6 Å². The molecule has 0 atom stereocenters. The first-order chi connectivity index (χ1) is 17.9. The molecule has 37 heavy (non-hydrogen) atoms. The van der Waals surface area contributed by atoms with E-state index in [9.17, 15) is 4.57 Å². The molecule has 0 N–H and O–H groups in total. The largest absolute Gasteiger partial charge is 0.369 e. The summed E-state index contributed by atoms with van der Waals surface area (Å²) in [6, 6.07) is 17.2. The second-order valence-corrected chi connectivity index (χ2v) is 11.4. The van der Waals surface area contributed by atoms with Crippen LogP contribution in [-0.4, -0.2) is 70.3 Å². The minimum absolute atomic E-state index is 0.379. The lowest BCUT2D eigenvalue weighted by Crippen LogP contribution is -2.44. The van der Waals surface area contributed by atoms with Crippen molar-refractivity contribution in [3.8, 4) is 0 Å². The SMILES string of the molecule is CCOP(=O)(CCCN=C/C=C(/C=Cc1ccc(N2CCN(C)CC2)cc1)c1ccccc1C)OCC. The Bertz CT molecular complexity index is 1090. The van der Waals surface area contributed by atoms with E-state index in [1.54, 1.807) is 0 Å². The smallest absolute Gasteiger partial charge is 0.330 e. The molecule has 0 spiro atoms. The maximum atomic E-state index is 12.6. The van der Waals surface area contributed by atoms with Crippen molar-refractivity contribution in [2.45, 2.75) is 27.2 Å². The van der Waals surface area contributed by atoms with Crippen LogP contribution in [0.1, 0.15) is 37.0 Å². The summed E-state index contributed by atoms with van der Waals surface area (Å²) in [6.45, 7) is 11.5. The second-order valence-electron chi connectivity index (χ2n) is 9.23. The third kappa shape index (κ3) is 9.39. The Morgan fingerprint density at radius 3 is 2.32 bits per heavy atom. The van der Waals surface area contributed by atoms with Crippen molar-refractivity contribution in [1.82, 2.24) is 4.90 Å². The standard InChI is InChI=1S/C30H42N3O3P/c1-5-35-37(34,36-6-2)25-9-19-31-20-18-28(30-11-8-7-10-26(30)3)15-12-27-13-16-29(17-14-27)33-23-21-32(4)22-24-33/h7-8,10-18,20H,5-6,9,19,21-25H2,1-4H3/b15-12?,28-18-,31-20?. The van der Waals surface area contributed by atoms with Crippen LogP contribution in [0.2, 0.25) is 0 Å². The topological polar surface area (TPSA) is 54.4 Å². The zero-order valence-corrected chi connectivity index (χ0v) is 23.7. The summed E-state index contributed by atoms with van der Waals surface area (Å²) in [5.41, 5.74) is 5.93. The van der Waals surface area contributed by atoms with Crippen molar-refractivity contribution in [1.29, 1.82) is 0 Å². The van der Waals surface area contributed by atoms with Gasteiger partial charge in [-0.05, 0) is 74.7 Å². The average Bonchev–Trinajstić information content (AvgIpc) is 2.89. The first-order valence-corrected chi connectivity index (χ1v) is 15.0. The van der Waals surface area contributed by atoms with Crippen LogP contribution in [-0.2, 0) is 13.6 Å². The van der Waals surface area contributed by atoms with Gasteiger partial charge in [-0.15, -0.1) is 0 Å². The van der Waals surface area contributed by atoms with E-state index in [2.05, 4.69) is 89.4 Å². The van der Waals surface area contributed by atoms with Gasteiger partial charge < -0.3 is 18.8 Å². The molecular formula is C30H42N3O3P. The number of hydrogen-bond donors (Lipinski definition) is 0. The lowest BCUT2D eigenvalue weighted by atomic mass is 9.99. The summed E-state index contributed by atoms with van der Waals surface area (Å²) in [4.78, 5) is 9.36. The number of aliphatic imine (C=N–C) groups is 1. The normalized spacial score (nSPS) is 15.8. The van der Waals surface area contributed by atoms with E-state index >= 15 is 0 Å². The predicted molar refractivity (Wildman–Crippen MR) is 158 cm³/mol. The van der Waals surface area contributed by atoms with Gasteiger partial charge >= 0.3 is 7.60 Å². The van der Waals surface area contributed by atoms with Crippen LogP contribution in [0, 0.1) is 6.92 Å². The number of anilines is 1. The van der Waals surface area contributed by atoms with Gasteiger partial charge in [-0.2, -0.15) is 0 Å². The zero-order valence-electron chi connectivity index (χ0n) is 22.8. The van der Waals surface area contributed by atoms with Gasteiger partial charge in [0.15, 0.2) is 0 Å². The highest BCUT2D eigenvalue weighted by Gasteiger charge is 2.22. The van der Waals surface area contributed by atoms with Crippen molar-refractivity contribution in [2.75, 3.05) is 64.0 Å². The molecule has 0 amide bonds. The minimum Gasteiger partial charge on any atom is -0.369 e. The fraction of sp³-hybridized carbons (Fsp3) is 0.433. The Labute approximate surface area is 223 Å². The predicted octanol–water partition coefficient (Wildman–Crippen LogP) is 6.57. The molecule has 7 heteroatoms. The first kappa shape index (κ1) is 29.1. The number of piperazine rings is 1. The van der Waals surface area contributed by atoms with Crippen LogP contribution in [0.15, 0.2) is 65.7 Å². The molecule has 200 valence electrons. The molecule has 3 rings (SSSR count). The molecule has 0 saturated carbocycles. The second kappa shape index (κ2) is 15.0. The molecule has 6 nitrogen and oxygen atoms in total. The zero-order chi connectivity index (χ0) is 26.5. The average molecular weight is 524 g/mol. The third-order valence-corrected chi connectivity index (χ3v) is 8.57. The number of rotatable bonds is 13. The number of allylic oxidation sites excluding steroid dienone is 3. The van der Waals surface area contributed by atoms with Crippen molar-refractivity contribution in [3.05, 3.63) is 77.4 Å². The van der Waals surface area contributed by atoms with Crippen LogP contribution < -0.4 is 4.90 Å². The third-order valence-electron chi connectivity index (χ3n) is 6.40. The molecule has 1 saturated heterocycles. The van der Waals surface area contributed by atoms with Crippen LogP contribution in [0.5, 0.6) is 0 Å². The number of hydrogen-bond acceptors (Lipinski definition) is 6. The molecular weight excluding hydrogens is 481 g/mol. The van der Waals surface area contributed by atoms with E-state index < -0.39 is 7.60 Å². The van der Waals surface area contributed by atoms with Gasteiger partial charge in [0.2, 0.25) is 0 Å². The van der Waals surface area contributed by atoms with Crippen LogP contribution >= 0.6 is 7.60 Å². The van der Waals surface area contributed by atoms with Gasteiger partial charge in [0.1, 0.15) is 0 Å². The van der Waals surface area contributed by atoms with E-state index in [-0.39, 0.29) is 0 Å². The molecule has 0 unspecified atom stereocenters.